The maximum atomic E-state index is 14.0. The first-order valence-electron chi connectivity index (χ1n) is 8.72. The summed E-state index contributed by atoms with van der Waals surface area (Å²) in [7, 11) is 0. The van der Waals surface area contributed by atoms with Crippen LogP contribution >= 0.6 is 0 Å². The van der Waals surface area contributed by atoms with Gasteiger partial charge in [-0.05, 0) is 30.3 Å². The molecule has 2 heterocycles. The van der Waals surface area contributed by atoms with Gasteiger partial charge in [0.15, 0.2) is 0 Å². The number of hydrogen-bond acceptors (Lipinski definition) is 4. The van der Waals surface area contributed by atoms with Gasteiger partial charge in [0.2, 0.25) is 5.96 Å². The number of nitrogens with one attached hydrogen (secondary N) is 2. The van der Waals surface area contributed by atoms with Crippen molar-refractivity contribution in [1.82, 2.24) is 20.5 Å². The molecule has 0 spiro atoms. The zero-order chi connectivity index (χ0) is 20.1. The van der Waals surface area contributed by atoms with Gasteiger partial charge in [-0.2, -0.15) is 5.10 Å². The van der Waals surface area contributed by atoms with Gasteiger partial charge >= 0.3 is 0 Å². The summed E-state index contributed by atoms with van der Waals surface area (Å²) in [6.07, 6.45) is 4.90. The molecule has 1 aromatic carbocycles. The number of halogens is 1. The average Bonchev–Trinajstić information content (AvgIpc) is 3.15. The Balaban J connectivity index is 1.73. The molecule has 0 aliphatic heterocycles. The lowest BCUT2D eigenvalue weighted by Gasteiger charge is -2.24. The smallest absolute Gasteiger partial charge is 0.213 e. The first-order chi connectivity index (χ1) is 13.4. The summed E-state index contributed by atoms with van der Waals surface area (Å²) in [5.74, 6) is -0.237. The van der Waals surface area contributed by atoms with Crippen molar-refractivity contribution in [2.24, 2.45) is 15.9 Å². The number of hydrogen-bond donors (Lipinski definition) is 3. The zero-order valence-corrected chi connectivity index (χ0v) is 15.8. The molecule has 0 fully saturated rings. The van der Waals surface area contributed by atoms with Crippen LogP contribution in [0.5, 0.6) is 0 Å². The third-order valence-electron chi connectivity index (χ3n) is 4.31. The number of nitrogens with zero attached hydrogens (tertiary/aromatic N) is 4. The Kier molecular flexibility index (Phi) is 5.49. The fourth-order valence-electron chi connectivity index (χ4n) is 2.74. The van der Waals surface area contributed by atoms with Crippen LogP contribution in [0.1, 0.15) is 25.1 Å². The summed E-state index contributed by atoms with van der Waals surface area (Å²) in [5.41, 5.74) is 8.05. The molecule has 3 rings (SSSR count). The van der Waals surface area contributed by atoms with Gasteiger partial charge in [0.05, 0.1) is 23.1 Å². The molecule has 0 aliphatic carbocycles. The van der Waals surface area contributed by atoms with Crippen molar-refractivity contribution in [2.75, 3.05) is 6.54 Å². The zero-order valence-electron chi connectivity index (χ0n) is 15.8. The minimum absolute atomic E-state index is 0.119. The number of guanidine groups is 1. The molecule has 0 bridgehead atoms. The van der Waals surface area contributed by atoms with Crippen molar-refractivity contribution in [2.45, 2.75) is 19.3 Å². The minimum atomic E-state index is -0.581. The van der Waals surface area contributed by atoms with E-state index in [0.29, 0.717) is 18.0 Å². The fourth-order valence-corrected chi connectivity index (χ4v) is 2.74. The number of aromatic amines is 1. The largest absolute Gasteiger partial charge is 0.368 e. The Morgan fingerprint density at radius 1 is 1.36 bits per heavy atom. The van der Waals surface area contributed by atoms with Crippen LogP contribution < -0.4 is 11.1 Å². The molecular formula is C20H22FN7. The quantitative estimate of drug-likeness (QED) is 0.348. The molecule has 28 heavy (non-hydrogen) atoms. The fraction of sp³-hybridized carbons (Fsp3) is 0.200. The van der Waals surface area contributed by atoms with E-state index in [4.69, 9.17) is 5.73 Å². The van der Waals surface area contributed by atoms with Gasteiger partial charge in [0, 0.05) is 29.1 Å². The lowest BCUT2D eigenvalue weighted by molar-refractivity contribution is 0.458. The predicted octanol–water partition coefficient (Wildman–Crippen LogP) is 2.87. The Hall–Kier alpha value is -3.55. The van der Waals surface area contributed by atoms with Gasteiger partial charge in [-0.15, -0.1) is 10.2 Å². The lowest BCUT2D eigenvalue weighted by Crippen LogP contribution is -2.41. The van der Waals surface area contributed by atoms with Gasteiger partial charge in [0.1, 0.15) is 5.82 Å². The van der Waals surface area contributed by atoms with Gasteiger partial charge < -0.3 is 11.1 Å². The van der Waals surface area contributed by atoms with Crippen LogP contribution in [0.3, 0.4) is 0 Å². The van der Waals surface area contributed by atoms with E-state index in [0.717, 1.165) is 16.5 Å². The van der Waals surface area contributed by atoms with E-state index >= 15 is 0 Å². The average molecular weight is 379 g/mol. The van der Waals surface area contributed by atoms with E-state index in [1.54, 1.807) is 24.5 Å². The second-order valence-electron chi connectivity index (χ2n) is 6.92. The van der Waals surface area contributed by atoms with Crippen molar-refractivity contribution < 1.29 is 4.39 Å². The van der Waals surface area contributed by atoms with E-state index in [2.05, 4.69) is 37.3 Å². The van der Waals surface area contributed by atoms with Crippen LogP contribution in [0.15, 0.2) is 65.6 Å². The molecule has 0 saturated heterocycles. The molecule has 3 aromatic rings. The predicted molar refractivity (Wildman–Crippen MR) is 110 cm³/mol. The topological polar surface area (TPSA) is 104 Å². The first-order valence-corrected chi connectivity index (χ1v) is 8.72. The van der Waals surface area contributed by atoms with E-state index in [1.807, 2.05) is 32.0 Å². The van der Waals surface area contributed by atoms with Crippen LogP contribution in [-0.4, -0.2) is 33.4 Å². The summed E-state index contributed by atoms with van der Waals surface area (Å²) < 4.78 is 14.0. The molecule has 0 unspecified atom stereocenters. The highest BCUT2D eigenvalue weighted by Gasteiger charge is 2.25. The second-order valence-corrected chi connectivity index (χ2v) is 6.92. The molecule has 0 amide bonds. The number of fused-ring (bicyclic) bond motifs is 1. The Labute approximate surface area is 162 Å². The molecule has 0 atom stereocenters. The Bertz CT molecular complexity index is 1050. The standard InChI is InChI=1S/C20H22FN7/c1-4-16(13-7-8-17-14(10-13)11-25-26-17)27-28-19(22)24-12-20(2,3)18-15(21)6-5-9-23-18/h4-11H,1,12H2,2-3H3,(H,25,26)(H3,22,24,28)/b27-16+. The number of rotatable bonds is 6. The normalized spacial score (nSPS) is 13.0. The van der Waals surface area contributed by atoms with Gasteiger partial charge in [-0.1, -0.05) is 26.5 Å². The molecule has 2 aromatic heterocycles. The molecule has 7 nitrogen and oxygen atoms in total. The summed E-state index contributed by atoms with van der Waals surface area (Å²) >= 11 is 0. The molecule has 4 N–H and O–H groups in total. The van der Waals surface area contributed by atoms with E-state index in [-0.39, 0.29) is 11.8 Å². The summed E-state index contributed by atoms with van der Waals surface area (Å²) in [6.45, 7) is 7.87. The van der Waals surface area contributed by atoms with Gasteiger partial charge in [-0.25, -0.2) is 4.39 Å². The molecule has 0 aliphatic rings. The Morgan fingerprint density at radius 2 is 2.18 bits per heavy atom. The molecule has 0 saturated carbocycles. The maximum Gasteiger partial charge on any atom is 0.213 e. The number of benzene rings is 1. The highest BCUT2D eigenvalue weighted by atomic mass is 19.1. The third kappa shape index (κ3) is 4.22. The molecular weight excluding hydrogens is 357 g/mol. The molecule has 144 valence electrons. The minimum Gasteiger partial charge on any atom is -0.368 e. The van der Waals surface area contributed by atoms with E-state index < -0.39 is 5.41 Å². The Morgan fingerprint density at radius 3 is 2.93 bits per heavy atom. The van der Waals surface area contributed by atoms with Crippen molar-refractivity contribution in [3.8, 4) is 0 Å². The SMILES string of the molecule is C=C/C(=N\N=C(/N)NCC(C)(C)c1ncccc1F)c1ccc2[nH]ncc2c1. The second kappa shape index (κ2) is 7.99. The van der Waals surface area contributed by atoms with Crippen LogP contribution in [0.2, 0.25) is 0 Å². The van der Waals surface area contributed by atoms with Crippen molar-refractivity contribution in [3.63, 3.8) is 0 Å². The summed E-state index contributed by atoms with van der Waals surface area (Å²) in [6, 6.07) is 8.69. The number of pyridine rings is 1. The number of H-pyrrole nitrogens is 1. The van der Waals surface area contributed by atoms with Crippen LogP contribution in [0.25, 0.3) is 10.9 Å². The number of allylic oxidation sites excluding steroid dienone is 1. The van der Waals surface area contributed by atoms with Crippen molar-refractivity contribution in [3.05, 3.63) is 72.5 Å². The number of nitrogens with two attached hydrogens (primary N) is 1. The van der Waals surface area contributed by atoms with Gasteiger partial charge in [-0.3, -0.25) is 10.1 Å². The van der Waals surface area contributed by atoms with Crippen molar-refractivity contribution in [1.29, 1.82) is 0 Å². The molecule has 8 heteroatoms. The first kappa shape index (κ1) is 19.2. The van der Waals surface area contributed by atoms with E-state index in [9.17, 15) is 4.39 Å². The summed E-state index contributed by atoms with van der Waals surface area (Å²) in [5, 5.41) is 19.0. The highest BCUT2D eigenvalue weighted by molar-refractivity contribution is 6.10. The van der Waals surface area contributed by atoms with Gasteiger partial charge in [0.25, 0.3) is 0 Å². The van der Waals surface area contributed by atoms with E-state index in [1.165, 1.54) is 6.07 Å². The lowest BCUT2D eigenvalue weighted by atomic mass is 9.88. The number of aromatic nitrogens is 3. The van der Waals surface area contributed by atoms with Crippen LogP contribution in [0.4, 0.5) is 4.39 Å². The van der Waals surface area contributed by atoms with Crippen LogP contribution in [-0.2, 0) is 5.41 Å². The summed E-state index contributed by atoms with van der Waals surface area (Å²) in [4.78, 5) is 4.13. The highest BCUT2D eigenvalue weighted by Crippen LogP contribution is 2.22. The maximum absolute atomic E-state index is 14.0. The molecule has 0 radical (unpaired) electrons. The monoisotopic (exact) mass is 379 g/mol. The van der Waals surface area contributed by atoms with Crippen LogP contribution in [0, 0.1) is 5.82 Å². The third-order valence-corrected chi connectivity index (χ3v) is 4.31. The van der Waals surface area contributed by atoms with Crippen molar-refractivity contribution >= 4 is 22.6 Å².